The Kier molecular flexibility index (Phi) is 9.34. The molecule has 5 nitrogen and oxygen atoms in total. The molecule has 0 aromatic heterocycles. The Labute approximate surface area is 195 Å². The minimum Gasteiger partial charge on any atom is -0.449 e. The summed E-state index contributed by atoms with van der Waals surface area (Å²) >= 11 is 0. The second-order valence-electron chi connectivity index (χ2n) is 8.72. The van der Waals surface area contributed by atoms with Crippen LogP contribution in [0.3, 0.4) is 0 Å². The Morgan fingerprint density at radius 2 is 1.22 bits per heavy atom. The molecule has 0 amide bonds. The van der Waals surface area contributed by atoms with Gasteiger partial charge in [-0.25, -0.2) is 0 Å². The summed E-state index contributed by atoms with van der Waals surface area (Å²) in [6.45, 7) is 12.7. The lowest BCUT2D eigenvalue weighted by atomic mass is 9.98. The van der Waals surface area contributed by atoms with Gasteiger partial charge in [-0.05, 0) is 47.9 Å². The first kappa shape index (κ1) is 26.4. The monoisotopic (exact) mass is 460 g/mol. The summed E-state index contributed by atoms with van der Waals surface area (Å²) in [4.78, 5) is 0. The van der Waals surface area contributed by atoms with Gasteiger partial charge in [0.2, 0.25) is 5.79 Å². The van der Waals surface area contributed by atoms with Gasteiger partial charge in [-0.2, -0.15) is 0 Å². The smallest absolute Gasteiger partial charge is 0.449 e. The van der Waals surface area contributed by atoms with E-state index in [2.05, 4.69) is 52.0 Å². The van der Waals surface area contributed by atoms with Gasteiger partial charge in [0.1, 0.15) is 0 Å². The van der Waals surface area contributed by atoms with Gasteiger partial charge in [0.15, 0.2) is 11.5 Å². The van der Waals surface area contributed by atoms with Crippen LogP contribution < -0.4 is 14.7 Å². The zero-order valence-electron chi connectivity index (χ0n) is 21.2. The number of hydrogen-bond acceptors (Lipinski definition) is 5. The molecule has 2 unspecified atom stereocenters. The van der Waals surface area contributed by atoms with Gasteiger partial charge in [-0.1, -0.05) is 58.0 Å². The molecule has 0 bridgehead atoms. The van der Waals surface area contributed by atoms with Crippen LogP contribution in [0.15, 0.2) is 42.5 Å². The van der Waals surface area contributed by atoms with Crippen LogP contribution in [-0.4, -0.2) is 35.9 Å². The molecule has 32 heavy (non-hydrogen) atoms. The minimum absolute atomic E-state index is 0.517. The molecule has 0 saturated carbocycles. The van der Waals surface area contributed by atoms with E-state index >= 15 is 0 Å². The summed E-state index contributed by atoms with van der Waals surface area (Å²) in [6.07, 6.45) is 2.28. The van der Waals surface area contributed by atoms with Crippen molar-refractivity contribution in [1.82, 2.24) is 0 Å². The molecular formula is C26H40O5Si. The van der Waals surface area contributed by atoms with Gasteiger partial charge in [-0.15, -0.1) is 0 Å². The van der Waals surface area contributed by atoms with Crippen molar-refractivity contribution in [1.29, 1.82) is 0 Å². The summed E-state index contributed by atoms with van der Waals surface area (Å²) in [6, 6.07) is 14.6. The van der Waals surface area contributed by atoms with Crippen LogP contribution in [0.1, 0.15) is 77.3 Å². The topological polar surface area (TPSA) is 46.2 Å². The predicted octanol–water partition coefficient (Wildman–Crippen LogP) is 5.99. The third-order valence-electron chi connectivity index (χ3n) is 6.11. The average molecular weight is 461 g/mol. The van der Waals surface area contributed by atoms with E-state index in [1.165, 1.54) is 11.1 Å². The summed E-state index contributed by atoms with van der Waals surface area (Å²) in [7, 11) is 2.22. The van der Waals surface area contributed by atoms with Crippen LogP contribution in [0.25, 0.3) is 0 Å². The molecule has 0 aliphatic carbocycles. The molecule has 178 valence electrons. The van der Waals surface area contributed by atoms with E-state index in [0.717, 1.165) is 29.5 Å². The van der Waals surface area contributed by atoms with Crippen molar-refractivity contribution in [2.45, 2.75) is 72.0 Å². The van der Waals surface area contributed by atoms with Crippen LogP contribution in [-0.2, 0) is 13.3 Å². The molecule has 2 aromatic rings. The molecule has 0 fully saturated rings. The molecule has 0 radical (unpaired) electrons. The minimum atomic E-state index is -2.66. The Bertz CT molecular complexity index is 838. The maximum atomic E-state index is 5.71. The van der Waals surface area contributed by atoms with Gasteiger partial charge in [0, 0.05) is 40.4 Å². The van der Waals surface area contributed by atoms with Crippen molar-refractivity contribution < 1.29 is 22.8 Å². The quantitative estimate of drug-likeness (QED) is 0.453. The third kappa shape index (κ3) is 6.13. The van der Waals surface area contributed by atoms with Crippen molar-refractivity contribution in [2.75, 3.05) is 21.3 Å². The fourth-order valence-electron chi connectivity index (χ4n) is 3.64. The van der Waals surface area contributed by atoms with Crippen molar-refractivity contribution >= 4 is 14.0 Å². The highest BCUT2D eigenvalue weighted by atomic mass is 28.4. The maximum Gasteiger partial charge on any atom is 0.536 e. The predicted molar refractivity (Wildman–Crippen MR) is 132 cm³/mol. The van der Waals surface area contributed by atoms with E-state index in [1.807, 2.05) is 32.0 Å². The molecular weight excluding hydrogens is 420 g/mol. The molecule has 0 saturated heterocycles. The number of benzene rings is 2. The van der Waals surface area contributed by atoms with Crippen molar-refractivity contribution in [3.05, 3.63) is 53.6 Å². The van der Waals surface area contributed by atoms with Crippen molar-refractivity contribution in [3.8, 4) is 11.5 Å². The molecule has 0 N–H and O–H groups in total. The van der Waals surface area contributed by atoms with Gasteiger partial charge in [0.25, 0.3) is 0 Å². The number of hydrogen-bond donors (Lipinski definition) is 0. The van der Waals surface area contributed by atoms with E-state index in [4.69, 9.17) is 22.8 Å². The van der Waals surface area contributed by atoms with E-state index in [1.54, 1.807) is 21.3 Å². The van der Waals surface area contributed by atoms with E-state index in [0.29, 0.717) is 11.8 Å². The maximum absolute atomic E-state index is 5.71. The Morgan fingerprint density at radius 3 is 1.72 bits per heavy atom. The molecule has 1 aliphatic rings. The molecule has 3 rings (SSSR count). The Balaban J connectivity index is 0.000000228. The van der Waals surface area contributed by atoms with Gasteiger partial charge < -0.3 is 22.8 Å². The molecule has 2 atom stereocenters. The summed E-state index contributed by atoms with van der Waals surface area (Å²) in [5.41, 5.74) is 2.65. The van der Waals surface area contributed by atoms with Gasteiger partial charge in [-0.3, -0.25) is 0 Å². The summed E-state index contributed by atoms with van der Waals surface area (Å²) in [5.74, 6) is 2.36. The number of ether oxygens (including phenoxy) is 2. The first-order valence-corrected chi connectivity index (χ1v) is 13.2. The van der Waals surface area contributed by atoms with Crippen molar-refractivity contribution in [3.63, 3.8) is 0 Å². The second kappa shape index (κ2) is 11.3. The molecule has 6 heteroatoms. The molecule has 1 aliphatic heterocycles. The molecule has 2 aromatic carbocycles. The Morgan fingerprint density at radius 1 is 0.750 bits per heavy atom. The van der Waals surface area contributed by atoms with E-state index in [9.17, 15) is 0 Å². The lowest BCUT2D eigenvalue weighted by Crippen LogP contribution is -2.54. The van der Waals surface area contributed by atoms with Crippen molar-refractivity contribution in [2.24, 2.45) is 0 Å². The zero-order valence-corrected chi connectivity index (χ0v) is 22.2. The molecule has 0 spiro atoms. The lowest BCUT2D eigenvalue weighted by molar-refractivity contribution is -0.0431. The zero-order chi connectivity index (χ0) is 23.9. The summed E-state index contributed by atoms with van der Waals surface area (Å²) in [5, 5.41) is 0.997. The first-order chi connectivity index (χ1) is 15.1. The highest BCUT2D eigenvalue weighted by Gasteiger charge is 2.40. The highest BCUT2D eigenvalue weighted by molar-refractivity contribution is 6.75. The fraction of sp³-hybridized carbons (Fsp3) is 0.538. The number of fused-ring (bicyclic) bond motifs is 1. The lowest BCUT2D eigenvalue weighted by Gasteiger charge is -2.24. The number of rotatable bonds is 8. The standard InChI is InChI=1S/C13H22O3Si.C13H18O2/c1-6-11(2)12-7-9-13(10-8-12)17(14-3,15-4)16-5;1-5-9(2)10-6-7-11-12(8-10)15-13(3,4)14-11/h7-11H,6H2,1-5H3;6-9H,5H2,1-4H3. The summed E-state index contributed by atoms with van der Waals surface area (Å²) < 4.78 is 27.7. The van der Waals surface area contributed by atoms with Gasteiger partial charge in [0.05, 0.1) is 0 Å². The SMILES string of the molecule is CCC(C)c1ccc([Si](OC)(OC)OC)cc1.CCC(C)c1ccc2c(c1)OC(C)(C)O2. The van der Waals surface area contributed by atoms with Crippen LogP contribution >= 0.6 is 0 Å². The van der Waals surface area contributed by atoms with Crippen LogP contribution in [0.4, 0.5) is 0 Å². The van der Waals surface area contributed by atoms with Crippen LogP contribution in [0, 0.1) is 0 Å². The van der Waals surface area contributed by atoms with Gasteiger partial charge >= 0.3 is 8.80 Å². The van der Waals surface area contributed by atoms with Crippen LogP contribution in [0.2, 0.25) is 0 Å². The normalized spacial score (nSPS) is 16.2. The fourth-order valence-corrected chi connectivity index (χ4v) is 5.42. The highest BCUT2D eigenvalue weighted by Crippen LogP contribution is 2.40. The second-order valence-corrected chi connectivity index (χ2v) is 11.6. The molecule has 1 heterocycles. The first-order valence-electron chi connectivity index (χ1n) is 11.4. The van der Waals surface area contributed by atoms with E-state index < -0.39 is 14.6 Å². The van der Waals surface area contributed by atoms with E-state index in [-0.39, 0.29) is 0 Å². The third-order valence-corrected chi connectivity index (χ3v) is 8.77. The van der Waals surface area contributed by atoms with Crippen LogP contribution in [0.5, 0.6) is 11.5 Å². The average Bonchev–Trinajstić information content (AvgIpc) is 3.13. The largest absolute Gasteiger partial charge is 0.536 e. The Hall–Kier alpha value is -1.86.